The number of nitrogens with one attached hydrogen (secondary N) is 2. The lowest BCUT2D eigenvalue weighted by molar-refractivity contribution is 1.30. The van der Waals surface area contributed by atoms with E-state index in [-0.39, 0.29) is 5.56 Å². The van der Waals surface area contributed by atoms with E-state index >= 15 is 0 Å². The molecule has 0 saturated heterocycles. The molecule has 0 bridgehead atoms. The third-order valence-corrected chi connectivity index (χ3v) is 3.37. The van der Waals surface area contributed by atoms with Gasteiger partial charge in [0.15, 0.2) is 5.65 Å². The van der Waals surface area contributed by atoms with E-state index < -0.39 is 0 Å². The van der Waals surface area contributed by atoms with Gasteiger partial charge in [0.1, 0.15) is 0 Å². The van der Waals surface area contributed by atoms with Gasteiger partial charge in [-0.05, 0) is 23.6 Å². The van der Waals surface area contributed by atoms with Crippen LogP contribution in [0.4, 0.5) is 0 Å². The summed E-state index contributed by atoms with van der Waals surface area (Å²) in [4.78, 5) is 26.5. The van der Waals surface area contributed by atoms with Crippen LogP contribution < -0.4 is 5.56 Å². The Balaban J connectivity index is 2.09. The number of nitrogens with zero attached hydrogens (tertiary/aromatic N) is 2. The smallest absolute Gasteiger partial charge is 0.256 e. The van der Waals surface area contributed by atoms with Crippen molar-refractivity contribution >= 4 is 22.1 Å². The lowest BCUT2D eigenvalue weighted by atomic mass is 10.1. The summed E-state index contributed by atoms with van der Waals surface area (Å²) in [5, 5.41) is 0.992. The first-order valence-corrected chi connectivity index (χ1v) is 6.23. The van der Waals surface area contributed by atoms with Crippen molar-refractivity contribution in [1.82, 2.24) is 19.9 Å². The second-order valence-corrected chi connectivity index (χ2v) is 4.56. The van der Waals surface area contributed by atoms with Gasteiger partial charge < -0.3 is 9.97 Å². The topological polar surface area (TPSA) is 74.4 Å². The lowest BCUT2D eigenvalue weighted by Crippen LogP contribution is -2.08. The third-order valence-electron chi connectivity index (χ3n) is 3.37. The molecular weight excluding hydrogens is 252 g/mol. The number of hydrogen-bond acceptors (Lipinski definition) is 3. The molecule has 0 unspecified atom stereocenters. The van der Waals surface area contributed by atoms with Crippen LogP contribution in [0.3, 0.4) is 0 Å². The van der Waals surface area contributed by atoms with Crippen molar-refractivity contribution in [2.24, 2.45) is 0 Å². The number of rotatable bonds is 1. The van der Waals surface area contributed by atoms with Crippen LogP contribution in [0.1, 0.15) is 0 Å². The molecule has 0 spiro atoms. The number of pyridine rings is 2. The van der Waals surface area contributed by atoms with Crippen LogP contribution in [-0.2, 0) is 0 Å². The number of hydrogen-bond donors (Lipinski definition) is 2. The minimum Gasteiger partial charge on any atom is -0.343 e. The number of benzene rings is 1. The maximum Gasteiger partial charge on any atom is 0.256 e. The molecule has 0 aliphatic carbocycles. The van der Waals surface area contributed by atoms with Crippen LogP contribution in [-0.4, -0.2) is 19.9 Å². The van der Waals surface area contributed by atoms with Crippen molar-refractivity contribution in [2.75, 3.05) is 0 Å². The molecule has 1 aromatic carbocycles. The average molecular weight is 262 g/mol. The van der Waals surface area contributed by atoms with Crippen LogP contribution in [0.2, 0.25) is 0 Å². The number of aromatic amines is 2. The molecule has 0 aliphatic heterocycles. The fourth-order valence-corrected chi connectivity index (χ4v) is 2.42. The monoisotopic (exact) mass is 262 g/mol. The van der Waals surface area contributed by atoms with Gasteiger partial charge in [-0.1, -0.05) is 18.2 Å². The highest BCUT2D eigenvalue weighted by molar-refractivity contribution is 5.92. The second kappa shape index (κ2) is 4.03. The van der Waals surface area contributed by atoms with E-state index in [1.807, 2.05) is 36.4 Å². The third kappa shape index (κ3) is 1.53. The predicted molar refractivity (Wildman–Crippen MR) is 77.5 cm³/mol. The summed E-state index contributed by atoms with van der Waals surface area (Å²) in [6.07, 6.45) is 3.24. The van der Waals surface area contributed by atoms with Gasteiger partial charge >= 0.3 is 0 Å². The van der Waals surface area contributed by atoms with Crippen LogP contribution in [0.15, 0.2) is 53.7 Å². The standard InChI is InChI=1S/C15H10N4O/c20-15-11(7-9-3-1-2-4-12(9)19-15)10-5-6-16-14-13(10)17-8-18-14/h1-8H,(H,19,20)(H,16,17,18). The van der Waals surface area contributed by atoms with Crippen molar-refractivity contribution in [1.29, 1.82) is 0 Å². The molecular formula is C15H10N4O. The van der Waals surface area contributed by atoms with Gasteiger partial charge in [0.05, 0.1) is 11.8 Å². The van der Waals surface area contributed by atoms with E-state index in [4.69, 9.17) is 0 Å². The van der Waals surface area contributed by atoms with Gasteiger partial charge in [-0.3, -0.25) is 4.79 Å². The van der Waals surface area contributed by atoms with Crippen LogP contribution >= 0.6 is 0 Å². The highest BCUT2D eigenvalue weighted by Crippen LogP contribution is 2.24. The van der Waals surface area contributed by atoms with Crippen LogP contribution in [0, 0.1) is 0 Å². The Morgan fingerprint density at radius 2 is 1.90 bits per heavy atom. The highest BCUT2D eigenvalue weighted by Gasteiger charge is 2.10. The molecule has 0 fully saturated rings. The largest absolute Gasteiger partial charge is 0.343 e. The van der Waals surface area contributed by atoms with Gasteiger partial charge in [-0.15, -0.1) is 0 Å². The lowest BCUT2D eigenvalue weighted by Gasteiger charge is -2.04. The van der Waals surface area contributed by atoms with E-state index in [0.717, 1.165) is 22.0 Å². The van der Waals surface area contributed by atoms with E-state index in [9.17, 15) is 4.79 Å². The molecule has 4 aromatic rings. The predicted octanol–water partition coefficient (Wildman–Crippen LogP) is 2.47. The molecule has 3 heterocycles. The first-order valence-electron chi connectivity index (χ1n) is 6.23. The Kier molecular flexibility index (Phi) is 2.20. The summed E-state index contributed by atoms with van der Waals surface area (Å²) >= 11 is 0. The maximum atomic E-state index is 12.3. The van der Waals surface area contributed by atoms with E-state index in [1.54, 1.807) is 12.5 Å². The maximum absolute atomic E-state index is 12.3. The molecule has 20 heavy (non-hydrogen) atoms. The number of fused-ring (bicyclic) bond motifs is 2. The van der Waals surface area contributed by atoms with Gasteiger partial charge in [-0.25, -0.2) is 9.97 Å². The Morgan fingerprint density at radius 3 is 2.85 bits per heavy atom. The van der Waals surface area contributed by atoms with Gasteiger partial charge in [-0.2, -0.15) is 0 Å². The molecule has 0 atom stereocenters. The number of aromatic nitrogens is 4. The highest BCUT2D eigenvalue weighted by atomic mass is 16.1. The molecule has 5 heteroatoms. The summed E-state index contributed by atoms with van der Waals surface area (Å²) < 4.78 is 0. The fourth-order valence-electron chi connectivity index (χ4n) is 2.42. The summed E-state index contributed by atoms with van der Waals surface area (Å²) in [5.74, 6) is 0. The molecule has 0 amide bonds. The van der Waals surface area contributed by atoms with E-state index in [2.05, 4.69) is 19.9 Å². The van der Waals surface area contributed by atoms with E-state index in [1.165, 1.54) is 0 Å². The SMILES string of the molecule is O=c1[nH]c2ccccc2cc1-c1ccnc2nc[nH]c12. The Hall–Kier alpha value is -2.95. The summed E-state index contributed by atoms with van der Waals surface area (Å²) in [5.41, 5.74) is 3.50. The average Bonchev–Trinajstić information content (AvgIpc) is 2.95. The first kappa shape index (κ1) is 10.9. The van der Waals surface area contributed by atoms with Crippen molar-refractivity contribution in [2.45, 2.75) is 0 Å². The fraction of sp³-hybridized carbons (Fsp3) is 0. The quantitative estimate of drug-likeness (QED) is 0.553. The minimum atomic E-state index is -0.120. The number of imidazole rings is 1. The van der Waals surface area contributed by atoms with Crippen molar-refractivity contribution < 1.29 is 0 Å². The molecule has 0 radical (unpaired) electrons. The molecule has 3 aromatic heterocycles. The molecule has 4 rings (SSSR count). The molecule has 0 saturated carbocycles. The van der Waals surface area contributed by atoms with E-state index in [0.29, 0.717) is 11.2 Å². The Labute approximate surface area is 113 Å². The number of H-pyrrole nitrogens is 2. The number of para-hydroxylation sites is 1. The zero-order valence-electron chi connectivity index (χ0n) is 10.4. The van der Waals surface area contributed by atoms with Gasteiger partial charge in [0, 0.05) is 22.8 Å². The zero-order chi connectivity index (χ0) is 13.5. The minimum absolute atomic E-state index is 0.120. The zero-order valence-corrected chi connectivity index (χ0v) is 10.4. The molecule has 2 N–H and O–H groups in total. The first-order chi connectivity index (χ1) is 9.83. The van der Waals surface area contributed by atoms with Gasteiger partial charge in [0.2, 0.25) is 0 Å². The molecule has 96 valence electrons. The van der Waals surface area contributed by atoms with Crippen molar-refractivity contribution in [3.8, 4) is 11.1 Å². The Morgan fingerprint density at radius 1 is 1.00 bits per heavy atom. The normalized spacial score (nSPS) is 11.2. The molecule has 0 aliphatic rings. The molecule has 5 nitrogen and oxygen atoms in total. The van der Waals surface area contributed by atoms with Crippen molar-refractivity contribution in [3.63, 3.8) is 0 Å². The summed E-state index contributed by atoms with van der Waals surface area (Å²) in [7, 11) is 0. The van der Waals surface area contributed by atoms with Crippen LogP contribution in [0.25, 0.3) is 33.2 Å². The summed E-state index contributed by atoms with van der Waals surface area (Å²) in [6, 6.07) is 11.4. The summed E-state index contributed by atoms with van der Waals surface area (Å²) in [6.45, 7) is 0. The van der Waals surface area contributed by atoms with Crippen molar-refractivity contribution in [3.05, 3.63) is 59.3 Å². The van der Waals surface area contributed by atoms with Gasteiger partial charge in [0.25, 0.3) is 5.56 Å². The second-order valence-electron chi connectivity index (χ2n) is 4.56. The van der Waals surface area contributed by atoms with Crippen LogP contribution in [0.5, 0.6) is 0 Å². The Bertz CT molecular complexity index is 984.